The normalized spacial score (nSPS) is 18.8. The molecule has 1 aliphatic rings. The number of nitrogens with zero attached hydrogens (tertiary/aromatic N) is 2. The molecule has 0 bridgehead atoms. The van der Waals surface area contributed by atoms with Crippen molar-refractivity contribution in [2.75, 3.05) is 18.5 Å². The first-order chi connectivity index (χ1) is 8.76. The van der Waals surface area contributed by atoms with Gasteiger partial charge < -0.3 is 10.2 Å². The predicted molar refractivity (Wildman–Crippen MR) is 79.5 cm³/mol. The summed E-state index contributed by atoms with van der Waals surface area (Å²) in [5, 5.41) is 4.49. The van der Waals surface area contributed by atoms with Gasteiger partial charge in [-0.2, -0.15) is 0 Å². The fourth-order valence-electron chi connectivity index (χ4n) is 2.69. The van der Waals surface area contributed by atoms with E-state index in [0.29, 0.717) is 12.1 Å². The Morgan fingerprint density at radius 1 is 1.44 bits per heavy atom. The van der Waals surface area contributed by atoms with Crippen LogP contribution in [0.15, 0.2) is 6.20 Å². The van der Waals surface area contributed by atoms with Gasteiger partial charge in [0.2, 0.25) is 0 Å². The third-order valence-corrected chi connectivity index (χ3v) is 5.19. The highest BCUT2D eigenvalue weighted by atomic mass is 32.1. The zero-order valence-electron chi connectivity index (χ0n) is 11.8. The summed E-state index contributed by atoms with van der Waals surface area (Å²) in [6.07, 6.45) is 8.88. The molecule has 3 nitrogen and oxygen atoms in total. The van der Waals surface area contributed by atoms with Crippen molar-refractivity contribution in [3.63, 3.8) is 0 Å². The third-order valence-electron chi connectivity index (χ3n) is 3.97. The van der Waals surface area contributed by atoms with Gasteiger partial charge in [-0.1, -0.05) is 19.3 Å². The molecule has 0 aliphatic heterocycles. The lowest BCUT2D eigenvalue weighted by molar-refractivity contribution is 0.418. The largest absolute Gasteiger partial charge is 0.345 e. The molecular weight excluding hydrogens is 242 g/mol. The Balaban J connectivity index is 2.09. The van der Waals surface area contributed by atoms with E-state index < -0.39 is 0 Å². The number of rotatable bonds is 5. The van der Waals surface area contributed by atoms with Crippen molar-refractivity contribution in [3.05, 3.63) is 11.1 Å². The second kappa shape index (κ2) is 6.53. The summed E-state index contributed by atoms with van der Waals surface area (Å²) in [5.41, 5.74) is 0. The molecule has 1 atom stereocenters. The van der Waals surface area contributed by atoms with Gasteiger partial charge in [-0.25, -0.2) is 4.98 Å². The van der Waals surface area contributed by atoms with Crippen molar-refractivity contribution in [2.45, 2.75) is 58.0 Å². The molecule has 0 amide bonds. The first kappa shape index (κ1) is 13.8. The molecule has 4 heteroatoms. The molecule has 1 fully saturated rings. The van der Waals surface area contributed by atoms with Crippen molar-refractivity contribution in [1.82, 2.24) is 10.3 Å². The van der Waals surface area contributed by atoms with Crippen molar-refractivity contribution >= 4 is 16.5 Å². The minimum atomic E-state index is 0.404. The fourth-order valence-corrected chi connectivity index (χ4v) is 3.81. The van der Waals surface area contributed by atoms with E-state index in [-0.39, 0.29) is 0 Å². The van der Waals surface area contributed by atoms with E-state index in [4.69, 9.17) is 0 Å². The summed E-state index contributed by atoms with van der Waals surface area (Å²) in [6.45, 7) is 5.51. The zero-order chi connectivity index (χ0) is 13.0. The standard InChI is InChI=1S/C14H25N3S/c1-4-17(12-8-6-5-7-9-12)14-16-10-13(18-14)11(2)15-3/h10-12,15H,4-9H2,1-3H3. The molecule has 1 saturated carbocycles. The molecule has 2 rings (SSSR count). The molecule has 1 N–H and O–H groups in total. The number of hydrogen-bond donors (Lipinski definition) is 1. The summed E-state index contributed by atoms with van der Waals surface area (Å²) < 4.78 is 0. The zero-order valence-corrected chi connectivity index (χ0v) is 12.6. The Bertz CT molecular complexity index is 358. The van der Waals surface area contributed by atoms with Crippen LogP contribution in [0.4, 0.5) is 5.13 Å². The van der Waals surface area contributed by atoms with Gasteiger partial charge in [0.05, 0.1) is 0 Å². The van der Waals surface area contributed by atoms with Crippen LogP contribution in [0.5, 0.6) is 0 Å². The molecule has 1 unspecified atom stereocenters. The van der Waals surface area contributed by atoms with Gasteiger partial charge in [-0.3, -0.25) is 0 Å². The van der Waals surface area contributed by atoms with Gasteiger partial charge >= 0.3 is 0 Å². The predicted octanol–water partition coefficient (Wildman–Crippen LogP) is 3.58. The molecule has 18 heavy (non-hydrogen) atoms. The average Bonchev–Trinajstić information content (AvgIpc) is 2.89. The molecule has 102 valence electrons. The van der Waals surface area contributed by atoms with Gasteiger partial charge in [-0.05, 0) is 33.7 Å². The summed E-state index contributed by atoms with van der Waals surface area (Å²) >= 11 is 1.84. The van der Waals surface area contributed by atoms with Crippen LogP contribution in [-0.2, 0) is 0 Å². The van der Waals surface area contributed by atoms with E-state index in [9.17, 15) is 0 Å². The van der Waals surface area contributed by atoms with Gasteiger partial charge in [0.1, 0.15) is 0 Å². The van der Waals surface area contributed by atoms with Crippen molar-refractivity contribution in [1.29, 1.82) is 0 Å². The van der Waals surface area contributed by atoms with Gasteiger partial charge in [0.25, 0.3) is 0 Å². The number of hydrogen-bond acceptors (Lipinski definition) is 4. The maximum absolute atomic E-state index is 4.64. The summed E-state index contributed by atoms with van der Waals surface area (Å²) in [5.74, 6) is 0. The number of nitrogens with one attached hydrogen (secondary N) is 1. The number of aromatic nitrogens is 1. The lowest BCUT2D eigenvalue weighted by atomic mass is 9.94. The van der Waals surface area contributed by atoms with Crippen LogP contribution in [0.2, 0.25) is 0 Å². The fraction of sp³-hybridized carbons (Fsp3) is 0.786. The van der Waals surface area contributed by atoms with E-state index in [1.165, 1.54) is 42.1 Å². The van der Waals surface area contributed by atoms with E-state index in [1.54, 1.807) is 0 Å². The van der Waals surface area contributed by atoms with Crippen molar-refractivity contribution < 1.29 is 0 Å². The van der Waals surface area contributed by atoms with Crippen LogP contribution < -0.4 is 10.2 Å². The molecule has 0 saturated heterocycles. The van der Waals surface area contributed by atoms with E-state index in [2.05, 4.69) is 29.0 Å². The third kappa shape index (κ3) is 3.04. The Morgan fingerprint density at radius 3 is 2.78 bits per heavy atom. The SMILES string of the molecule is CCN(c1ncc(C(C)NC)s1)C1CCCCC1. The molecule has 1 aromatic heterocycles. The summed E-state index contributed by atoms with van der Waals surface area (Å²) in [6, 6.07) is 1.12. The maximum atomic E-state index is 4.64. The summed E-state index contributed by atoms with van der Waals surface area (Å²) in [7, 11) is 2.00. The highest BCUT2D eigenvalue weighted by Crippen LogP contribution is 2.32. The Kier molecular flexibility index (Phi) is 5.01. The lowest BCUT2D eigenvalue weighted by Crippen LogP contribution is -2.36. The molecule has 0 aromatic carbocycles. The number of thiazole rings is 1. The quantitative estimate of drug-likeness (QED) is 0.884. The van der Waals surface area contributed by atoms with Crippen LogP contribution in [0.1, 0.15) is 56.9 Å². The van der Waals surface area contributed by atoms with Crippen molar-refractivity contribution in [2.24, 2.45) is 0 Å². The Hall–Kier alpha value is -0.610. The average molecular weight is 267 g/mol. The van der Waals surface area contributed by atoms with Crippen molar-refractivity contribution in [3.8, 4) is 0 Å². The minimum absolute atomic E-state index is 0.404. The van der Waals surface area contributed by atoms with Crippen LogP contribution in [0.25, 0.3) is 0 Å². The maximum Gasteiger partial charge on any atom is 0.185 e. The second-order valence-electron chi connectivity index (χ2n) is 5.13. The van der Waals surface area contributed by atoms with Gasteiger partial charge in [0, 0.05) is 29.7 Å². The van der Waals surface area contributed by atoms with E-state index in [0.717, 1.165) is 6.54 Å². The molecule has 1 aliphatic carbocycles. The van der Waals surface area contributed by atoms with E-state index >= 15 is 0 Å². The van der Waals surface area contributed by atoms with Crippen LogP contribution in [-0.4, -0.2) is 24.6 Å². The molecule has 0 spiro atoms. The lowest BCUT2D eigenvalue weighted by Gasteiger charge is -2.33. The first-order valence-corrected chi connectivity index (χ1v) is 7.97. The highest BCUT2D eigenvalue weighted by Gasteiger charge is 2.22. The summed E-state index contributed by atoms with van der Waals surface area (Å²) in [4.78, 5) is 8.48. The smallest absolute Gasteiger partial charge is 0.185 e. The first-order valence-electron chi connectivity index (χ1n) is 7.16. The number of anilines is 1. The van der Waals surface area contributed by atoms with Crippen LogP contribution in [0, 0.1) is 0 Å². The molecular formula is C14H25N3S. The monoisotopic (exact) mass is 267 g/mol. The van der Waals surface area contributed by atoms with Gasteiger partial charge in [0.15, 0.2) is 5.13 Å². The topological polar surface area (TPSA) is 28.2 Å². The van der Waals surface area contributed by atoms with Gasteiger partial charge in [-0.15, -0.1) is 11.3 Å². The van der Waals surface area contributed by atoms with Crippen LogP contribution in [0.3, 0.4) is 0 Å². The Labute approximate surface area is 115 Å². The minimum Gasteiger partial charge on any atom is -0.345 e. The highest BCUT2D eigenvalue weighted by molar-refractivity contribution is 7.15. The van der Waals surface area contributed by atoms with Crippen LogP contribution >= 0.6 is 11.3 Å². The molecule has 1 aromatic rings. The van der Waals surface area contributed by atoms with E-state index in [1.807, 2.05) is 24.6 Å². The Morgan fingerprint density at radius 2 is 2.17 bits per heavy atom. The molecule has 1 heterocycles. The molecule has 0 radical (unpaired) electrons. The second-order valence-corrected chi connectivity index (χ2v) is 6.17.